The summed E-state index contributed by atoms with van der Waals surface area (Å²) in [6, 6.07) is -0.860. The summed E-state index contributed by atoms with van der Waals surface area (Å²) in [7, 11) is 0. The Hall–Kier alpha value is -1.81. The minimum absolute atomic E-state index is 0.190. The molecule has 0 amide bonds. The number of aliphatic hydroxyl groups excluding tert-OH is 4. The first-order valence-corrected chi connectivity index (χ1v) is 6.14. The summed E-state index contributed by atoms with van der Waals surface area (Å²) in [6.45, 7) is -0.431. The van der Waals surface area contributed by atoms with Gasteiger partial charge in [0.25, 0.3) is 0 Å². The fourth-order valence-corrected chi connectivity index (χ4v) is 2.75. The molecule has 20 heavy (non-hydrogen) atoms. The van der Waals surface area contributed by atoms with E-state index in [1.807, 2.05) is 0 Å². The lowest BCUT2D eigenvalue weighted by Gasteiger charge is -2.21. The Morgan fingerprint density at radius 3 is 2.50 bits per heavy atom. The first kappa shape index (κ1) is 13.2. The van der Waals surface area contributed by atoms with Gasteiger partial charge in [-0.1, -0.05) is 0 Å². The van der Waals surface area contributed by atoms with E-state index in [1.54, 1.807) is 0 Å². The molecule has 1 aliphatic carbocycles. The first-order chi connectivity index (χ1) is 9.56. The SMILES string of the molecule is Nc1ncnc2c1ncn2[C@H]1[C@H](O)[C@@H](CO)[C@H](O)[C@@H]1O. The van der Waals surface area contributed by atoms with Crippen LogP contribution in [0, 0.1) is 5.92 Å². The van der Waals surface area contributed by atoms with Gasteiger partial charge < -0.3 is 30.7 Å². The van der Waals surface area contributed by atoms with Gasteiger partial charge in [-0.25, -0.2) is 15.0 Å². The van der Waals surface area contributed by atoms with Crippen LogP contribution in [0.3, 0.4) is 0 Å². The van der Waals surface area contributed by atoms with Gasteiger partial charge in [-0.05, 0) is 0 Å². The normalized spacial score (nSPS) is 33.9. The largest absolute Gasteiger partial charge is 0.396 e. The van der Waals surface area contributed by atoms with E-state index in [0.717, 1.165) is 0 Å². The van der Waals surface area contributed by atoms with Crippen molar-refractivity contribution in [2.75, 3.05) is 12.3 Å². The van der Waals surface area contributed by atoms with E-state index < -0.39 is 36.9 Å². The molecule has 1 fully saturated rings. The number of hydrogen-bond donors (Lipinski definition) is 5. The second-order valence-corrected chi connectivity index (χ2v) is 4.89. The van der Waals surface area contributed by atoms with Crippen molar-refractivity contribution in [3.8, 4) is 0 Å². The zero-order chi connectivity index (χ0) is 14.4. The van der Waals surface area contributed by atoms with E-state index >= 15 is 0 Å². The number of aliphatic hydroxyl groups is 4. The molecule has 0 unspecified atom stereocenters. The van der Waals surface area contributed by atoms with E-state index in [4.69, 9.17) is 5.73 Å². The van der Waals surface area contributed by atoms with Crippen LogP contribution < -0.4 is 5.73 Å². The highest BCUT2D eigenvalue weighted by Gasteiger charge is 2.49. The van der Waals surface area contributed by atoms with Gasteiger partial charge in [-0.2, -0.15) is 0 Å². The van der Waals surface area contributed by atoms with E-state index in [0.29, 0.717) is 11.2 Å². The Bertz CT molecular complexity index is 632. The summed E-state index contributed by atoms with van der Waals surface area (Å²) in [4.78, 5) is 11.9. The van der Waals surface area contributed by atoms with Crippen LogP contribution >= 0.6 is 0 Å². The Balaban J connectivity index is 2.09. The predicted molar refractivity (Wildman–Crippen MR) is 67.4 cm³/mol. The molecule has 1 aliphatic rings. The van der Waals surface area contributed by atoms with Crippen molar-refractivity contribution in [2.45, 2.75) is 24.4 Å². The average Bonchev–Trinajstić information content (AvgIpc) is 2.92. The summed E-state index contributed by atoms with van der Waals surface area (Å²) in [6.07, 6.45) is -0.964. The number of nitrogens with zero attached hydrogens (tertiary/aromatic N) is 4. The summed E-state index contributed by atoms with van der Waals surface area (Å²) in [5.74, 6) is -0.637. The Kier molecular flexibility index (Phi) is 3.05. The molecule has 108 valence electrons. The molecule has 1 saturated carbocycles. The number of hydrogen-bond acceptors (Lipinski definition) is 8. The third kappa shape index (κ3) is 1.68. The summed E-state index contributed by atoms with van der Waals surface area (Å²) in [5.41, 5.74) is 6.39. The van der Waals surface area contributed by atoms with E-state index in [9.17, 15) is 20.4 Å². The lowest BCUT2D eigenvalue weighted by atomic mass is 10.0. The highest BCUT2D eigenvalue weighted by molar-refractivity contribution is 5.81. The molecule has 0 aromatic carbocycles. The molecular formula is C11H15N5O4. The van der Waals surface area contributed by atoms with Crippen LogP contribution in [-0.2, 0) is 0 Å². The highest BCUT2D eigenvalue weighted by Crippen LogP contribution is 2.37. The van der Waals surface area contributed by atoms with Crippen molar-refractivity contribution >= 4 is 17.0 Å². The average molecular weight is 281 g/mol. The Labute approximate surface area is 113 Å². The number of rotatable bonds is 2. The molecule has 0 bridgehead atoms. The second-order valence-electron chi connectivity index (χ2n) is 4.89. The fourth-order valence-electron chi connectivity index (χ4n) is 2.75. The minimum Gasteiger partial charge on any atom is -0.396 e. The fraction of sp³-hybridized carbons (Fsp3) is 0.545. The Morgan fingerprint density at radius 1 is 1.10 bits per heavy atom. The van der Waals surface area contributed by atoms with Crippen LogP contribution in [0.2, 0.25) is 0 Å². The first-order valence-electron chi connectivity index (χ1n) is 6.14. The molecule has 3 rings (SSSR count). The van der Waals surface area contributed by atoms with Gasteiger partial charge in [-0.15, -0.1) is 0 Å². The van der Waals surface area contributed by atoms with Gasteiger partial charge in [0.2, 0.25) is 0 Å². The van der Waals surface area contributed by atoms with Crippen molar-refractivity contribution in [1.82, 2.24) is 19.5 Å². The number of aromatic nitrogens is 4. The molecule has 0 saturated heterocycles. The quantitative estimate of drug-likeness (QED) is 0.410. The van der Waals surface area contributed by atoms with Gasteiger partial charge in [0, 0.05) is 5.92 Å². The molecule has 6 N–H and O–H groups in total. The van der Waals surface area contributed by atoms with Crippen LogP contribution in [0.25, 0.3) is 11.2 Å². The number of anilines is 1. The third-order valence-electron chi connectivity index (χ3n) is 3.85. The van der Waals surface area contributed by atoms with Gasteiger partial charge in [0.1, 0.15) is 17.9 Å². The maximum absolute atomic E-state index is 10.2. The molecule has 0 aliphatic heterocycles. The number of fused-ring (bicyclic) bond motifs is 1. The van der Waals surface area contributed by atoms with Crippen molar-refractivity contribution in [3.63, 3.8) is 0 Å². The van der Waals surface area contributed by atoms with E-state index in [2.05, 4.69) is 15.0 Å². The highest BCUT2D eigenvalue weighted by atomic mass is 16.3. The molecule has 9 heteroatoms. The zero-order valence-electron chi connectivity index (χ0n) is 10.4. The van der Waals surface area contributed by atoms with Crippen molar-refractivity contribution in [3.05, 3.63) is 12.7 Å². The molecular weight excluding hydrogens is 266 g/mol. The molecule has 2 aromatic rings. The second kappa shape index (κ2) is 4.63. The van der Waals surface area contributed by atoms with Gasteiger partial charge in [0.15, 0.2) is 11.5 Å². The topological polar surface area (TPSA) is 151 Å². The Morgan fingerprint density at radius 2 is 1.85 bits per heavy atom. The molecule has 5 atom stereocenters. The van der Waals surface area contributed by atoms with Crippen molar-refractivity contribution in [2.24, 2.45) is 5.92 Å². The van der Waals surface area contributed by atoms with E-state index in [-0.39, 0.29) is 5.82 Å². The predicted octanol–water partition coefficient (Wildman–Crippen LogP) is -2.35. The monoisotopic (exact) mass is 281 g/mol. The maximum Gasteiger partial charge on any atom is 0.165 e. The third-order valence-corrected chi connectivity index (χ3v) is 3.85. The van der Waals surface area contributed by atoms with Crippen LogP contribution in [0.4, 0.5) is 5.82 Å². The minimum atomic E-state index is -1.24. The van der Waals surface area contributed by atoms with Crippen LogP contribution in [0.15, 0.2) is 12.7 Å². The van der Waals surface area contributed by atoms with Crippen LogP contribution in [-0.4, -0.2) is 64.9 Å². The summed E-state index contributed by atoms with van der Waals surface area (Å²) < 4.78 is 1.45. The molecule has 2 heterocycles. The lowest BCUT2D eigenvalue weighted by Crippen LogP contribution is -2.30. The molecule has 2 aromatic heterocycles. The number of nitrogen functional groups attached to an aromatic ring is 1. The lowest BCUT2D eigenvalue weighted by molar-refractivity contribution is -0.00782. The van der Waals surface area contributed by atoms with Gasteiger partial charge in [0.05, 0.1) is 31.2 Å². The smallest absolute Gasteiger partial charge is 0.165 e. The molecule has 0 radical (unpaired) electrons. The number of nitrogens with two attached hydrogens (primary N) is 1. The zero-order valence-corrected chi connectivity index (χ0v) is 10.4. The maximum atomic E-state index is 10.2. The summed E-state index contributed by atoms with van der Waals surface area (Å²) in [5, 5.41) is 39.3. The van der Waals surface area contributed by atoms with Crippen molar-refractivity contribution in [1.29, 1.82) is 0 Å². The summed E-state index contributed by atoms with van der Waals surface area (Å²) >= 11 is 0. The standard InChI is InChI=1S/C11H15N5O4/c12-10-5-11(14-2-13-10)16(3-15-5)6-7(18)4(1-17)8(19)9(6)20/h2-4,6-9,17-20H,1H2,(H2,12,13,14)/t4-,6+,7-,8+,9-/m1/s1. The molecule has 0 spiro atoms. The van der Waals surface area contributed by atoms with Crippen LogP contribution in [0.1, 0.15) is 6.04 Å². The van der Waals surface area contributed by atoms with Crippen LogP contribution in [0.5, 0.6) is 0 Å². The van der Waals surface area contributed by atoms with E-state index in [1.165, 1.54) is 17.2 Å². The van der Waals surface area contributed by atoms with Gasteiger partial charge >= 0.3 is 0 Å². The molecule has 9 nitrogen and oxygen atoms in total. The van der Waals surface area contributed by atoms with Crippen molar-refractivity contribution < 1.29 is 20.4 Å². The number of imidazole rings is 1. The van der Waals surface area contributed by atoms with Gasteiger partial charge in [-0.3, -0.25) is 0 Å².